The fourth-order valence-electron chi connectivity index (χ4n) is 1.66. The first kappa shape index (κ1) is 13.6. The molecule has 2 atom stereocenters. The van der Waals surface area contributed by atoms with Gasteiger partial charge in [-0.2, -0.15) is 8.42 Å². The summed E-state index contributed by atoms with van der Waals surface area (Å²) >= 11 is 0. The van der Waals surface area contributed by atoms with Crippen molar-refractivity contribution in [3.8, 4) is 0 Å². The van der Waals surface area contributed by atoms with Crippen LogP contribution in [0.15, 0.2) is 24.3 Å². The van der Waals surface area contributed by atoms with Gasteiger partial charge in [-0.1, -0.05) is 18.2 Å². The van der Waals surface area contributed by atoms with Gasteiger partial charge in [0.15, 0.2) is 0 Å². The van der Waals surface area contributed by atoms with Crippen molar-refractivity contribution < 1.29 is 27.3 Å². The van der Waals surface area contributed by atoms with E-state index < -0.39 is 32.7 Å². The number of carbonyl (C=O) groups excluding carboxylic acids is 2. The van der Waals surface area contributed by atoms with E-state index in [1.807, 2.05) is 0 Å². The zero-order chi connectivity index (χ0) is 11.3. The molecule has 1 aliphatic heterocycles. The topological polar surface area (TPSA) is 97.7 Å². The Balaban J connectivity index is 0.00000128. The van der Waals surface area contributed by atoms with Crippen LogP contribution in [0.2, 0.25) is 0 Å². The molecular weight excluding hydrogens is 247 g/mol. The third kappa shape index (κ3) is 1.59. The predicted octanol–water partition coefficient (Wildman–Crippen LogP) is -1.21. The molecule has 6 nitrogen and oxygen atoms in total. The second kappa shape index (κ2) is 4.08. The Labute approximate surface area is 113 Å². The molecule has 1 heterocycles. The van der Waals surface area contributed by atoms with Crippen molar-refractivity contribution >= 4 is 51.6 Å². The average Bonchev–Trinajstić information content (AvgIpc) is 2.40. The van der Waals surface area contributed by atoms with E-state index >= 15 is 0 Å². The van der Waals surface area contributed by atoms with Crippen molar-refractivity contribution in [3.05, 3.63) is 24.3 Å². The number of fused-ring (bicyclic) bond motifs is 1. The Hall–Kier alpha value is -0.470. The first-order chi connectivity index (χ1) is 6.89. The van der Waals surface area contributed by atoms with Crippen molar-refractivity contribution in [1.29, 1.82) is 0 Å². The molecule has 0 amide bonds. The maximum absolute atomic E-state index is 11.3. The van der Waals surface area contributed by atoms with Crippen LogP contribution in [0.5, 0.6) is 0 Å². The van der Waals surface area contributed by atoms with E-state index in [0.717, 1.165) is 6.08 Å². The third-order valence-corrected chi connectivity index (χ3v) is 3.82. The molecule has 8 heteroatoms. The van der Waals surface area contributed by atoms with Crippen LogP contribution >= 0.6 is 0 Å². The third-order valence-electron chi connectivity index (χ3n) is 2.41. The summed E-state index contributed by atoms with van der Waals surface area (Å²) in [6.45, 7) is 0. The van der Waals surface area contributed by atoms with Crippen LogP contribution in [0.1, 0.15) is 0 Å². The Kier molecular flexibility index (Phi) is 3.47. The van der Waals surface area contributed by atoms with E-state index in [-0.39, 0.29) is 29.6 Å². The number of rotatable bonds is 1. The van der Waals surface area contributed by atoms with Crippen LogP contribution in [0, 0.1) is 5.92 Å². The number of ether oxygens (including phenoxy) is 1. The molecule has 0 spiro atoms. The molecule has 0 bridgehead atoms. The van der Waals surface area contributed by atoms with Crippen LogP contribution < -0.4 is 0 Å². The zero-order valence-corrected chi connectivity index (χ0v) is 8.10. The van der Waals surface area contributed by atoms with Gasteiger partial charge < -0.3 is 4.74 Å². The van der Waals surface area contributed by atoms with Crippen molar-refractivity contribution in [3.63, 3.8) is 0 Å². The van der Waals surface area contributed by atoms with Gasteiger partial charge in [-0.15, -0.1) is 0 Å². The number of cyclic esters (lactones) is 2. The van der Waals surface area contributed by atoms with Gasteiger partial charge in [-0.25, -0.2) is 4.79 Å². The molecule has 2 rings (SSSR count). The molecule has 1 saturated heterocycles. The van der Waals surface area contributed by atoms with Crippen LogP contribution in [0.4, 0.5) is 0 Å². The molecule has 0 saturated carbocycles. The molecular formula is C8H7NaO6S. The number of esters is 2. The summed E-state index contributed by atoms with van der Waals surface area (Å²) in [5.41, 5.74) is 0. The first-order valence-corrected chi connectivity index (χ1v) is 5.43. The normalized spacial score (nSPS) is 31.9. The van der Waals surface area contributed by atoms with Gasteiger partial charge in [-0.05, 0) is 6.08 Å². The van der Waals surface area contributed by atoms with E-state index in [0.29, 0.717) is 0 Å². The average molecular weight is 254 g/mol. The van der Waals surface area contributed by atoms with Crippen LogP contribution in [-0.4, -0.2) is 59.2 Å². The standard InChI is InChI=1S/C8H6O6S.Na.H/c9-6-5-3-1-2-4-8(5,7(10)14-6)15(11,12)13;;/h1-5H,(H,11,12,13);;. The van der Waals surface area contributed by atoms with Crippen LogP contribution in [0.3, 0.4) is 0 Å². The monoisotopic (exact) mass is 254 g/mol. The van der Waals surface area contributed by atoms with Gasteiger partial charge in [0.25, 0.3) is 10.1 Å². The van der Waals surface area contributed by atoms with E-state index in [2.05, 4.69) is 4.74 Å². The van der Waals surface area contributed by atoms with Gasteiger partial charge in [-0.3, -0.25) is 9.35 Å². The summed E-state index contributed by atoms with van der Waals surface area (Å²) in [5, 5.41) is 0. The summed E-state index contributed by atoms with van der Waals surface area (Å²) in [4.78, 5) is 22.5. The summed E-state index contributed by atoms with van der Waals surface area (Å²) in [7, 11) is -4.74. The Morgan fingerprint density at radius 3 is 2.44 bits per heavy atom. The quantitative estimate of drug-likeness (QED) is 0.273. The number of hydrogen-bond donors (Lipinski definition) is 1. The Morgan fingerprint density at radius 1 is 1.31 bits per heavy atom. The number of allylic oxidation sites excluding steroid dienone is 2. The van der Waals surface area contributed by atoms with Crippen molar-refractivity contribution in [2.24, 2.45) is 5.92 Å². The Morgan fingerprint density at radius 2 is 1.94 bits per heavy atom. The second-order valence-electron chi connectivity index (χ2n) is 3.20. The van der Waals surface area contributed by atoms with Crippen LogP contribution in [0.25, 0.3) is 0 Å². The fourth-order valence-corrected chi connectivity index (χ4v) is 2.65. The molecule has 1 aliphatic carbocycles. The van der Waals surface area contributed by atoms with E-state index in [1.54, 1.807) is 0 Å². The molecule has 2 unspecified atom stereocenters. The van der Waals surface area contributed by atoms with Gasteiger partial charge in [0.1, 0.15) is 5.92 Å². The zero-order valence-electron chi connectivity index (χ0n) is 7.28. The number of hydrogen-bond acceptors (Lipinski definition) is 5. The van der Waals surface area contributed by atoms with E-state index in [9.17, 15) is 18.0 Å². The molecule has 0 aromatic carbocycles. The number of carbonyl (C=O) groups is 2. The molecule has 82 valence electrons. The minimum absolute atomic E-state index is 0. The second-order valence-corrected chi connectivity index (χ2v) is 4.82. The molecule has 16 heavy (non-hydrogen) atoms. The molecule has 0 aromatic rings. The van der Waals surface area contributed by atoms with Crippen molar-refractivity contribution in [2.75, 3.05) is 0 Å². The molecule has 1 fully saturated rings. The van der Waals surface area contributed by atoms with Crippen LogP contribution in [-0.2, 0) is 24.4 Å². The fraction of sp³-hybridized carbons (Fsp3) is 0.250. The molecule has 2 aliphatic rings. The van der Waals surface area contributed by atoms with Gasteiger partial charge in [0.2, 0.25) is 4.75 Å². The van der Waals surface area contributed by atoms with Gasteiger partial charge in [0, 0.05) is 0 Å². The van der Waals surface area contributed by atoms with Crippen molar-refractivity contribution in [1.82, 2.24) is 0 Å². The minimum atomic E-state index is -4.74. The molecule has 0 radical (unpaired) electrons. The predicted molar refractivity (Wildman–Crippen MR) is 54.3 cm³/mol. The van der Waals surface area contributed by atoms with Gasteiger partial charge in [0.05, 0.1) is 0 Å². The molecule has 1 N–H and O–H groups in total. The maximum atomic E-state index is 11.3. The summed E-state index contributed by atoms with van der Waals surface area (Å²) in [6, 6.07) is 0. The van der Waals surface area contributed by atoms with Crippen molar-refractivity contribution in [2.45, 2.75) is 4.75 Å². The summed E-state index contributed by atoms with van der Waals surface area (Å²) < 4.78 is 33.3. The van der Waals surface area contributed by atoms with E-state index in [1.165, 1.54) is 18.2 Å². The SMILES string of the molecule is O=C1OC(=O)C2(S(=O)(=O)O)C=CC=CC12.[NaH]. The summed E-state index contributed by atoms with van der Waals surface area (Å²) in [5.74, 6) is -3.54. The van der Waals surface area contributed by atoms with Gasteiger partial charge >= 0.3 is 41.5 Å². The first-order valence-electron chi connectivity index (χ1n) is 3.99. The van der Waals surface area contributed by atoms with E-state index in [4.69, 9.17) is 4.55 Å². The summed E-state index contributed by atoms with van der Waals surface area (Å²) in [6.07, 6.45) is 4.85. The Bertz CT molecular complexity index is 505. The molecule has 0 aromatic heterocycles.